The van der Waals surface area contributed by atoms with E-state index in [1.807, 2.05) is 26.0 Å². The van der Waals surface area contributed by atoms with Crippen LogP contribution in [-0.4, -0.2) is 47.7 Å². The molecule has 2 heterocycles. The van der Waals surface area contributed by atoms with Crippen molar-refractivity contribution in [2.75, 3.05) is 25.3 Å². The molecule has 0 aliphatic carbocycles. The minimum absolute atomic E-state index is 0.0694. The number of benzene rings is 1. The van der Waals surface area contributed by atoms with Crippen LogP contribution in [0.2, 0.25) is 0 Å². The number of fused-ring (bicyclic) bond motifs is 3. The lowest BCUT2D eigenvalue weighted by Gasteiger charge is -2.45. The molecular weight excluding hydrogens is 424 g/mol. The van der Waals surface area contributed by atoms with Gasteiger partial charge in [0.1, 0.15) is 5.56 Å². The van der Waals surface area contributed by atoms with Crippen molar-refractivity contribution in [1.82, 2.24) is 4.68 Å². The standard InChI is InChI=1S/C25H34N2O6/c1-7-25(4,5)27-14-17-11-22(32-10-8-9-31-6)23(33-16(2)3)12-18(17)20-13-21(28)19(24(29)30)15-26(20)27/h11-13,15-16H,7-10,14H2,1-6H3,(H,29,30). The number of carboxylic acids is 1. The molecule has 0 amide bonds. The molecule has 2 aromatic rings. The maximum atomic E-state index is 12.6. The van der Waals surface area contributed by atoms with Crippen LogP contribution in [-0.2, 0) is 11.3 Å². The van der Waals surface area contributed by atoms with E-state index in [1.54, 1.807) is 11.8 Å². The molecule has 8 heteroatoms. The Labute approximate surface area is 194 Å². The van der Waals surface area contributed by atoms with Gasteiger partial charge in [0.25, 0.3) is 0 Å². The molecule has 180 valence electrons. The summed E-state index contributed by atoms with van der Waals surface area (Å²) in [6.45, 7) is 11.8. The second-order valence-electron chi connectivity index (χ2n) is 9.13. The molecule has 0 fully saturated rings. The fourth-order valence-electron chi connectivity index (χ4n) is 3.83. The van der Waals surface area contributed by atoms with Gasteiger partial charge in [0.15, 0.2) is 16.9 Å². The predicted octanol–water partition coefficient (Wildman–Crippen LogP) is 4.06. The van der Waals surface area contributed by atoms with Crippen LogP contribution in [0.1, 0.15) is 63.4 Å². The van der Waals surface area contributed by atoms with Crippen LogP contribution in [0.5, 0.6) is 11.5 Å². The number of hydrogen-bond donors (Lipinski definition) is 1. The van der Waals surface area contributed by atoms with Gasteiger partial charge in [-0.05, 0) is 51.8 Å². The molecule has 0 saturated heterocycles. The van der Waals surface area contributed by atoms with Crippen LogP contribution < -0.4 is 19.9 Å². The van der Waals surface area contributed by atoms with Gasteiger partial charge in [-0.2, -0.15) is 0 Å². The lowest BCUT2D eigenvalue weighted by Crippen LogP contribution is -2.52. The Balaban J connectivity index is 2.18. The van der Waals surface area contributed by atoms with Gasteiger partial charge in [-0.3, -0.25) is 9.47 Å². The van der Waals surface area contributed by atoms with E-state index in [1.165, 1.54) is 12.3 Å². The van der Waals surface area contributed by atoms with Crippen molar-refractivity contribution >= 4 is 5.97 Å². The highest BCUT2D eigenvalue weighted by Crippen LogP contribution is 2.40. The summed E-state index contributed by atoms with van der Waals surface area (Å²) < 4.78 is 19.0. The molecule has 1 aliphatic rings. The normalized spacial score (nSPS) is 13.0. The van der Waals surface area contributed by atoms with Crippen molar-refractivity contribution in [3.63, 3.8) is 0 Å². The number of nitrogens with zero attached hydrogens (tertiary/aromatic N) is 2. The zero-order valence-electron chi connectivity index (χ0n) is 20.3. The third kappa shape index (κ3) is 5.16. The number of rotatable bonds is 10. The van der Waals surface area contributed by atoms with Crippen LogP contribution in [0, 0.1) is 0 Å². The molecule has 0 spiro atoms. The average Bonchev–Trinajstić information content (AvgIpc) is 2.75. The Hall–Kier alpha value is -3.00. The van der Waals surface area contributed by atoms with E-state index in [9.17, 15) is 14.7 Å². The maximum absolute atomic E-state index is 12.6. The fourth-order valence-corrected chi connectivity index (χ4v) is 3.83. The predicted molar refractivity (Wildman–Crippen MR) is 127 cm³/mol. The molecular formula is C25H34N2O6. The van der Waals surface area contributed by atoms with Crippen molar-refractivity contribution in [2.24, 2.45) is 0 Å². The number of aromatic nitrogens is 1. The van der Waals surface area contributed by atoms with Crippen molar-refractivity contribution in [2.45, 2.75) is 65.6 Å². The van der Waals surface area contributed by atoms with E-state index in [0.717, 1.165) is 24.0 Å². The van der Waals surface area contributed by atoms with E-state index in [0.29, 0.717) is 37.0 Å². The molecule has 0 saturated carbocycles. The Morgan fingerprint density at radius 1 is 1.18 bits per heavy atom. The summed E-state index contributed by atoms with van der Waals surface area (Å²) in [7, 11) is 1.66. The van der Waals surface area contributed by atoms with Crippen molar-refractivity contribution < 1.29 is 24.1 Å². The zero-order chi connectivity index (χ0) is 24.3. The van der Waals surface area contributed by atoms with Crippen LogP contribution in [0.3, 0.4) is 0 Å². The quantitative estimate of drug-likeness (QED) is 0.537. The SMILES string of the molecule is CCC(C)(C)N1Cc2cc(OCCCOC)c(OC(C)C)cc2-c2cc(=O)c(C(=O)O)cn21. The maximum Gasteiger partial charge on any atom is 0.341 e. The number of pyridine rings is 1. The molecule has 1 aromatic carbocycles. The highest BCUT2D eigenvalue weighted by molar-refractivity contribution is 5.88. The molecule has 0 radical (unpaired) electrons. The number of ether oxygens (including phenoxy) is 3. The Morgan fingerprint density at radius 3 is 2.52 bits per heavy atom. The summed E-state index contributed by atoms with van der Waals surface area (Å²) in [5.74, 6) is -0.00423. The van der Waals surface area contributed by atoms with Crippen LogP contribution >= 0.6 is 0 Å². The Bertz CT molecular complexity index is 1070. The smallest absolute Gasteiger partial charge is 0.341 e. The molecule has 1 aromatic heterocycles. The molecule has 3 rings (SSSR count). The third-order valence-electron chi connectivity index (χ3n) is 5.96. The van der Waals surface area contributed by atoms with E-state index in [4.69, 9.17) is 14.2 Å². The number of methoxy groups -OCH3 is 1. The van der Waals surface area contributed by atoms with Crippen LogP contribution in [0.4, 0.5) is 0 Å². The minimum atomic E-state index is -1.24. The highest BCUT2D eigenvalue weighted by Gasteiger charge is 2.33. The first-order valence-electron chi connectivity index (χ1n) is 11.3. The summed E-state index contributed by atoms with van der Waals surface area (Å²) in [5, 5.41) is 11.6. The van der Waals surface area contributed by atoms with Gasteiger partial charge in [0, 0.05) is 38.0 Å². The largest absolute Gasteiger partial charge is 0.490 e. The van der Waals surface area contributed by atoms with Crippen molar-refractivity contribution in [1.29, 1.82) is 0 Å². The summed E-state index contributed by atoms with van der Waals surface area (Å²) in [6, 6.07) is 5.26. The topological polar surface area (TPSA) is 90.2 Å². The van der Waals surface area contributed by atoms with Crippen LogP contribution in [0.25, 0.3) is 11.3 Å². The third-order valence-corrected chi connectivity index (χ3v) is 5.96. The molecule has 0 atom stereocenters. The van der Waals surface area contributed by atoms with Gasteiger partial charge in [-0.1, -0.05) is 6.92 Å². The van der Waals surface area contributed by atoms with Gasteiger partial charge >= 0.3 is 5.97 Å². The molecule has 8 nitrogen and oxygen atoms in total. The number of aromatic carboxylic acids is 1. The van der Waals surface area contributed by atoms with E-state index in [2.05, 4.69) is 25.8 Å². The lowest BCUT2D eigenvalue weighted by molar-refractivity contribution is 0.0694. The number of carboxylic acid groups (broad SMARTS) is 1. The van der Waals surface area contributed by atoms with Gasteiger partial charge in [0.2, 0.25) is 0 Å². The first kappa shape index (κ1) is 24.6. The summed E-state index contributed by atoms with van der Waals surface area (Å²) in [4.78, 5) is 24.3. The molecule has 1 aliphatic heterocycles. The fraction of sp³-hybridized carbons (Fsp3) is 0.520. The van der Waals surface area contributed by atoms with Gasteiger partial charge in [-0.15, -0.1) is 0 Å². The second-order valence-corrected chi connectivity index (χ2v) is 9.13. The van der Waals surface area contributed by atoms with Crippen molar-refractivity contribution in [3.05, 3.63) is 45.7 Å². The molecule has 1 N–H and O–H groups in total. The lowest BCUT2D eigenvalue weighted by atomic mass is 9.95. The summed E-state index contributed by atoms with van der Waals surface area (Å²) in [5.41, 5.74) is 1.37. The number of carbonyl (C=O) groups is 1. The summed E-state index contributed by atoms with van der Waals surface area (Å²) in [6.07, 6.45) is 2.93. The molecule has 33 heavy (non-hydrogen) atoms. The molecule has 0 unspecified atom stereocenters. The highest BCUT2D eigenvalue weighted by atomic mass is 16.5. The van der Waals surface area contributed by atoms with E-state index in [-0.39, 0.29) is 17.2 Å². The second kappa shape index (κ2) is 9.87. The summed E-state index contributed by atoms with van der Waals surface area (Å²) >= 11 is 0. The number of hydrogen-bond acceptors (Lipinski definition) is 6. The van der Waals surface area contributed by atoms with Crippen molar-refractivity contribution in [3.8, 4) is 22.8 Å². The average molecular weight is 459 g/mol. The molecule has 0 bridgehead atoms. The van der Waals surface area contributed by atoms with E-state index >= 15 is 0 Å². The Kier molecular flexibility index (Phi) is 7.37. The monoisotopic (exact) mass is 458 g/mol. The first-order valence-corrected chi connectivity index (χ1v) is 11.3. The van der Waals surface area contributed by atoms with E-state index < -0.39 is 11.4 Å². The zero-order valence-corrected chi connectivity index (χ0v) is 20.3. The minimum Gasteiger partial charge on any atom is -0.490 e. The first-order chi connectivity index (χ1) is 15.6. The van der Waals surface area contributed by atoms with Gasteiger partial charge < -0.3 is 24.3 Å². The Morgan fingerprint density at radius 2 is 1.91 bits per heavy atom. The van der Waals surface area contributed by atoms with Gasteiger partial charge in [-0.25, -0.2) is 4.79 Å². The van der Waals surface area contributed by atoms with Gasteiger partial charge in [0.05, 0.1) is 30.5 Å². The van der Waals surface area contributed by atoms with Crippen LogP contribution in [0.15, 0.2) is 29.2 Å².